The number of aliphatic carboxylic acids is 1. The summed E-state index contributed by atoms with van der Waals surface area (Å²) >= 11 is 6.43. The summed E-state index contributed by atoms with van der Waals surface area (Å²) in [5, 5.41) is 9.86. The summed E-state index contributed by atoms with van der Waals surface area (Å²) < 4.78 is 33.3. The molecular weight excluding hydrogens is 350 g/mol. The Balaban J connectivity index is 2.10. The van der Waals surface area contributed by atoms with Crippen LogP contribution in [0.1, 0.15) is 25.8 Å². The molecule has 1 aliphatic heterocycles. The number of ether oxygens (including phenoxy) is 1. The van der Waals surface area contributed by atoms with E-state index in [1.165, 1.54) is 6.08 Å². The zero-order chi connectivity index (χ0) is 18.4. The third kappa shape index (κ3) is 3.21. The second kappa shape index (κ2) is 5.99. The van der Waals surface area contributed by atoms with Crippen molar-refractivity contribution in [1.82, 2.24) is 0 Å². The smallest absolute Gasteiger partial charge is 0.335 e. The van der Waals surface area contributed by atoms with Crippen LogP contribution in [0.25, 0.3) is 5.57 Å². The standard InChI is InChI=1S/C19H17ClF2O3/c1-18-9-13(17(23)24)16(19(2,21)22)25-15(18)8-12(14(20)10-18)11-6-4-3-5-7-11/h3-9,16H,10H2,1-2H3,(H,23,24). The fourth-order valence-electron chi connectivity index (χ4n) is 3.19. The SMILES string of the molecule is CC12C=C(C(=O)O)C(C(C)(F)F)OC1=CC(c1ccccc1)=C(Cl)C2. The van der Waals surface area contributed by atoms with Crippen LogP contribution in [-0.2, 0) is 9.53 Å². The number of rotatable bonds is 3. The molecule has 0 spiro atoms. The lowest BCUT2D eigenvalue weighted by Crippen LogP contribution is -2.43. The van der Waals surface area contributed by atoms with Crippen LogP contribution < -0.4 is 0 Å². The maximum absolute atomic E-state index is 13.9. The normalized spacial score (nSPS) is 26.4. The number of carbonyl (C=O) groups is 1. The molecule has 2 aliphatic rings. The van der Waals surface area contributed by atoms with Crippen molar-refractivity contribution in [3.8, 4) is 0 Å². The van der Waals surface area contributed by atoms with Crippen molar-refractivity contribution in [3.63, 3.8) is 0 Å². The van der Waals surface area contributed by atoms with E-state index in [4.69, 9.17) is 16.3 Å². The average Bonchev–Trinajstić information content (AvgIpc) is 2.52. The molecule has 0 fully saturated rings. The molecule has 0 aromatic heterocycles. The molecule has 1 heterocycles. The van der Waals surface area contributed by atoms with Crippen molar-refractivity contribution >= 4 is 23.1 Å². The highest BCUT2D eigenvalue weighted by Crippen LogP contribution is 2.50. The molecule has 3 rings (SSSR count). The summed E-state index contributed by atoms with van der Waals surface area (Å²) in [4.78, 5) is 11.4. The molecule has 0 bridgehead atoms. The van der Waals surface area contributed by atoms with E-state index < -0.39 is 29.0 Å². The second-order valence-corrected chi connectivity index (χ2v) is 7.10. The molecule has 2 unspecified atom stereocenters. The van der Waals surface area contributed by atoms with Crippen LogP contribution in [0, 0.1) is 5.41 Å². The number of alkyl halides is 2. The van der Waals surface area contributed by atoms with Gasteiger partial charge in [0.1, 0.15) is 5.76 Å². The molecule has 0 radical (unpaired) electrons. The topological polar surface area (TPSA) is 46.5 Å². The van der Waals surface area contributed by atoms with Crippen LogP contribution in [0.15, 0.2) is 58.8 Å². The van der Waals surface area contributed by atoms with Gasteiger partial charge in [0, 0.05) is 17.4 Å². The summed E-state index contributed by atoms with van der Waals surface area (Å²) in [6.45, 7) is 2.39. The van der Waals surface area contributed by atoms with E-state index in [1.54, 1.807) is 13.0 Å². The number of benzene rings is 1. The molecule has 1 aromatic carbocycles. The van der Waals surface area contributed by atoms with Crippen molar-refractivity contribution in [3.05, 3.63) is 64.4 Å². The zero-order valence-corrected chi connectivity index (χ0v) is 14.5. The van der Waals surface area contributed by atoms with Crippen LogP contribution >= 0.6 is 11.6 Å². The van der Waals surface area contributed by atoms with Crippen molar-refractivity contribution in [2.75, 3.05) is 0 Å². The first-order valence-electron chi connectivity index (χ1n) is 7.78. The Labute approximate surface area is 149 Å². The molecule has 25 heavy (non-hydrogen) atoms. The van der Waals surface area contributed by atoms with Crippen molar-refractivity contribution in [2.24, 2.45) is 5.41 Å². The Hall–Kier alpha value is -2.14. The summed E-state index contributed by atoms with van der Waals surface area (Å²) in [5.41, 5.74) is 0.225. The van der Waals surface area contributed by atoms with Crippen LogP contribution in [0.4, 0.5) is 8.78 Å². The predicted molar refractivity (Wildman–Crippen MR) is 91.2 cm³/mol. The highest BCUT2D eigenvalue weighted by Gasteiger charge is 2.49. The van der Waals surface area contributed by atoms with Gasteiger partial charge in [0.2, 0.25) is 0 Å². The Bertz CT molecular complexity index is 806. The molecule has 132 valence electrons. The molecule has 6 heteroatoms. The minimum Gasteiger partial charge on any atom is -0.483 e. The molecular formula is C19H17ClF2O3. The lowest BCUT2D eigenvalue weighted by molar-refractivity contribution is -0.142. The molecule has 0 amide bonds. The number of hydrogen-bond acceptors (Lipinski definition) is 2. The van der Waals surface area contributed by atoms with E-state index in [0.29, 0.717) is 23.3 Å². The summed E-state index contributed by atoms with van der Waals surface area (Å²) in [6, 6.07) is 9.30. The first-order valence-corrected chi connectivity index (χ1v) is 8.16. The van der Waals surface area contributed by atoms with Crippen LogP contribution in [0.5, 0.6) is 0 Å². The Morgan fingerprint density at radius 2 is 2.00 bits per heavy atom. The van der Waals surface area contributed by atoms with Gasteiger partial charge in [-0.15, -0.1) is 0 Å². The summed E-state index contributed by atoms with van der Waals surface area (Å²) in [7, 11) is 0. The van der Waals surface area contributed by atoms with E-state index in [9.17, 15) is 18.7 Å². The first-order chi connectivity index (χ1) is 11.6. The molecule has 1 N–H and O–H groups in total. The lowest BCUT2D eigenvalue weighted by Gasteiger charge is -2.41. The van der Waals surface area contributed by atoms with Crippen LogP contribution in [0.3, 0.4) is 0 Å². The molecule has 0 saturated carbocycles. The van der Waals surface area contributed by atoms with E-state index in [-0.39, 0.29) is 6.42 Å². The first kappa shape index (κ1) is 17.7. The molecule has 1 aromatic rings. The molecule has 3 nitrogen and oxygen atoms in total. The van der Waals surface area contributed by atoms with Gasteiger partial charge in [0.05, 0.1) is 5.57 Å². The molecule has 0 saturated heterocycles. The van der Waals surface area contributed by atoms with Gasteiger partial charge in [-0.05, 0) is 30.6 Å². The number of carboxylic acid groups (broad SMARTS) is 1. The van der Waals surface area contributed by atoms with Crippen LogP contribution in [0.2, 0.25) is 0 Å². The maximum atomic E-state index is 13.9. The largest absolute Gasteiger partial charge is 0.483 e. The minimum atomic E-state index is -3.33. The monoisotopic (exact) mass is 366 g/mol. The summed E-state index contributed by atoms with van der Waals surface area (Å²) in [5.74, 6) is -4.45. The van der Waals surface area contributed by atoms with Gasteiger partial charge in [-0.3, -0.25) is 0 Å². The minimum absolute atomic E-state index is 0.281. The van der Waals surface area contributed by atoms with Gasteiger partial charge in [-0.2, -0.15) is 0 Å². The highest BCUT2D eigenvalue weighted by molar-refractivity contribution is 6.33. The Morgan fingerprint density at radius 1 is 1.36 bits per heavy atom. The van der Waals surface area contributed by atoms with Gasteiger partial charge in [0.15, 0.2) is 6.10 Å². The highest BCUT2D eigenvalue weighted by atomic mass is 35.5. The van der Waals surface area contributed by atoms with Crippen LogP contribution in [-0.4, -0.2) is 23.1 Å². The molecule has 1 aliphatic carbocycles. The third-order valence-corrected chi connectivity index (χ3v) is 4.78. The van der Waals surface area contributed by atoms with Gasteiger partial charge in [0.25, 0.3) is 5.92 Å². The number of allylic oxidation sites excluding steroid dienone is 4. The van der Waals surface area contributed by atoms with Crippen molar-refractivity contribution in [2.45, 2.75) is 32.3 Å². The van der Waals surface area contributed by atoms with E-state index in [1.807, 2.05) is 30.3 Å². The van der Waals surface area contributed by atoms with Gasteiger partial charge in [-0.25, -0.2) is 13.6 Å². The predicted octanol–water partition coefficient (Wildman–Crippen LogP) is 5.00. The number of fused-ring (bicyclic) bond motifs is 1. The van der Waals surface area contributed by atoms with E-state index in [0.717, 1.165) is 5.56 Å². The molecule has 2 atom stereocenters. The maximum Gasteiger partial charge on any atom is 0.335 e. The quantitative estimate of drug-likeness (QED) is 0.819. The van der Waals surface area contributed by atoms with Crippen molar-refractivity contribution < 1.29 is 23.4 Å². The third-order valence-electron chi connectivity index (χ3n) is 4.45. The summed E-state index contributed by atoms with van der Waals surface area (Å²) in [6.07, 6.45) is 1.42. The lowest BCUT2D eigenvalue weighted by atomic mass is 9.75. The van der Waals surface area contributed by atoms with Crippen molar-refractivity contribution in [1.29, 1.82) is 0 Å². The number of hydrogen-bond donors (Lipinski definition) is 1. The Morgan fingerprint density at radius 3 is 2.56 bits per heavy atom. The Kier molecular flexibility index (Phi) is 4.23. The fraction of sp³-hybridized carbons (Fsp3) is 0.316. The van der Waals surface area contributed by atoms with E-state index in [2.05, 4.69) is 0 Å². The van der Waals surface area contributed by atoms with Gasteiger partial charge in [-0.1, -0.05) is 48.0 Å². The number of carboxylic acids is 1. The van der Waals surface area contributed by atoms with Gasteiger partial charge < -0.3 is 9.84 Å². The fourth-order valence-corrected chi connectivity index (χ4v) is 3.63. The van der Waals surface area contributed by atoms with E-state index >= 15 is 0 Å². The second-order valence-electron chi connectivity index (χ2n) is 6.65. The van der Waals surface area contributed by atoms with Gasteiger partial charge >= 0.3 is 5.97 Å². The number of halogens is 3. The zero-order valence-electron chi connectivity index (χ0n) is 13.7. The average molecular weight is 367 g/mol.